The van der Waals surface area contributed by atoms with E-state index in [1.807, 2.05) is 30.3 Å². The van der Waals surface area contributed by atoms with Gasteiger partial charge in [-0.3, -0.25) is 0 Å². The minimum atomic E-state index is 0.272. The third-order valence-electron chi connectivity index (χ3n) is 2.72. The Morgan fingerprint density at radius 2 is 1.94 bits per heavy atom. The zero-order chi connectivity index (χ0) is 12.8. The van der Waals surface area contributed by atoms with Gasteiger partial charge in [0.1, 0.15) is 11.5 Å². The molecule has 0 saturated heterocycles. The van der Waals surface area contributed by atoms with Crippen molar-refractivity contribution in [3.05, 3.63) is 48.5 Å². The van der Waals surface area contributed by atoms with Gasteiger partial charge in [-0.2, -0.15) is 0 Å². The number of phenols is 1. The van der Waals surface area contributed by atoms with E-state index in [9.17, 15) is 5.11 Å². The fourth-order valence-electron chi connectivity index (χ4n) is 1.68. The van der Waals surface area contributed by atoms with Gasteiger partial charge < -0.3 is 9.84 Å². The number of unbranched alkanes of at least 4 members (excludes halogenated alkanes) is 1. The third kappa shape index (κ3) is 3.27. The Hall–Kier alpha value is -1.96. The standard InChI is InChI=1S/C16H17O2/c1-2-3-11-18-16-6-4-5-14(12-16)13-7-9-15(17)10-8-13/h4,6-10,12,17H,2-3,11H2,1H3. The fraction of sp³-hybridized carbons (Fsp3) is 0.250. The van der Waals surface area contributed by atoms with Crippen LogP contribution in [0.5, 0.6) is 11.5 Å². The summed E-state index contributed by atoms with van der Waals surface area (Å²) in [5.41, 5.74) is 2.00. The van der Waals surface area contributed by atoms with Crippen LogP contribution in [0.4, 0.5) is 0 Å². The normalized spacial score (nSPS) is 10.3. The van der Waals surface area contributed by atoms with E-state index in [1.165, 1.54) is 0 Å². The summed E-state index contributed by atoms with van der Waals surface area (Å²) in [5, 5.41) is 9.27. The maximum atomic E-state index is 9.27. The summed E-state index contributed by atoms with van der Waals surface area (Å²) < 4.78 is 5.66. The second-order valence-corrected chi connectivity index (χ2v) is 4.19. The van der Waals surface area contributed by atoms with Crippen LogP contribution in [0.25, 0.3) is 11.1 Å². The molecule has 2 aromatic carbocycles. The van der Waals surface area contributed by atoms with Gasteiger partial charge in [-0.05, 0) is 47.9 Å². The third-order valence-corrected chi connectivity index (χ3v) is 2.72. The van der Waals surface area contributed by atoms with Crippen LogP contribution in [0.2, 0.25) is 0 Å². The first kappa shape index (κ1) is 12.5. The number of hydrogen-bond acceptors (Lipinski definition) is 2. The second-order valence-electron chi connectivity index (χ2n) is 4.19. The molecule has 0 spiro atoms. The number of phenolic OH excluding ortho intramolecular Hbond substituents is 1. The van der Waals surface area contributed by atoms with Crippen molar-refractivity contribution in [1.82, 2.24) is 0 Å². The Bertz CT molecular complexity index is 489. The first-order valence-electron chi connectivity index (χ1n) is 6.23. The summed E-state index contributed by atoms with van der Waals surface area (Å²) in [6.07, 6.45) is 2.19. The van der Waals surface area contributed by atoms with Gasteiger partial charge >= 0.3 is 0 Å². The van der Waals surface area contributed by atoms with Crippen molar-refractivity contribution < 1.29 is 9.84 Å². The number of benzene rings is 2. The number of ether oxygens (including phenoxy) is 1. The van der Waals surface area contributed by atoms with Crippen molar-refractivity contribution >= 4 is 0 Å². The van der Waals surface area contributed by atoms with E-state index in [2.05, 4.69) is 13.0 Å². The minimum absolute atomic E-state index is 0.272. The highest BCUT2D eigenvalue weighted by atomic mass is 16.5. The summed E-state index contributed by atoms with van der Waals surface area (Å²) in [5.74, 6) is 1.14. The van der Waals surface area contributed by atoms with Crippen LogP contribution in [-0.2, 0) is 0 Å². The molecule has 0 saturated carbocycles. The second kappa shape index (κ2) is 6.10. The Labute approximate surface area is 108 Å². The van der Waals surface area contributed by atoms with E-state index < -0.39 is 0 Å². The minimum Gasteiger partial charge on any atom is -0.508 e. The van der Waals surface area contributed by atoms with Gasteiger partial charge in [0.25, 0.3) is 0 Å². The van der Waals surface area contributed by atoms with E-state index in [4.69, 9.17) is 4.74 Å². The highest BCUT2D eigenvalue weighted by Gasteiger charge is 2.00. The lowest BCUT2D eigenvalue weighted by Crippen LogP contribution is -1.96. The van der Waals surface area contributed by atoms with Crippen molar-refractivity contribution in [2.24, 2.45) is 0 Å². The number of rotatable bonds is 5. The molecule has 0 bridgehead atoms. The van der Waals surface area contributed by atoms with Crippen LogP contribution in [0.1, 0.15) is 19.8 Å². The summed E-state index contributed by atoms with van der Waals surface area (Å²) in [6, 6.07) is 16.0. The van der Waals surface area contributed by atoms with Gasteiger partial charge in [0.15, 0.2) is 0 Å². The molecule has 2 rings (SSSR count). The smallest absolute Gasteiger partial charge is 0.119 e. The molecule has 2 nitrogen and oxygen atoms in total. The lowest BCUT2D eigenvalue weighted by Gasteiger charge is -2.07. The topological polar surface area (TPSA) is 29.5 Å². The van der Waals surface area contributed by atoms with Crippen molar-refractivity contribution in [3.63, 3.8) is 0 Å². The predicted octanol–water partition coefficient (Wildman–Crippen LogP) is 4.04. The maximum Gasteiger partial charge on any atom is 0.119 e. The highest BCUT2D eigenvalue weighted by Crippen LogP contribution is 2.25. The van der Waals surface area contributed by atoms with Crippen LogP contribution >= 0.6 is 0 Å². The van der Waals surface area contributed by atoms with Crippen molar-refractivity contribution in [2.45, 2.75) is 19.8 Å². The monoisotopic (exact) mass is 241 g/mol. The van der Waals surface area contributed by atoms with Gasteiger partial charge in [0.2, 0.25) is 0 Å². The molecule has 0 fully saturated rings. The van der Waals surface area contributed by atoms with E-state index in [1.54, 1.807) is 12.1 Å². The van der Waals surface area contributed by atoms with Crippen molar-refractivity contribution in [2.75, 3.05) is 6.61 Å². The Morgan fingerprint density at radius 3 is 2.67 bits per heavy atom. The molecule has 0 aliphatic heterocycles. The van der Waals surface area contributed by atoms with Gasteiger partial charge in [0, 0.05) is 0 Å². The molecular weight excluding hydrogens is 224 g/mol. The first-order chi connectivity index (χ1) is 8.79. The molecule has 0 amide bonds. The zero-order valence-corrected chi connectivity index (χ0v) is 10.5. The van der Waals surface area contributed by atoms with Crippen LogP contribution in [0.15, 0.2) is 42.5 Å². The fourth-order valence-corrected chi connectivity index (χ4v) is 1.68. The number of aromatic hydroxyl groups is 1. The van der Waals surface area contributed by atoms with Crippen LogP contribution in [0.3, 0.4) is 0 Å². The van der Waals surface area contributed by atoms with Gasteiger partial charge in [0.05, 0.1) is 6.61 Å². The van der Waals surface area contributed by atoms with Crippen LogP contribution in [-0.4, -0.2) is 11.7 Å². The average molecular weight is 241 g/mol. The molecule has 0 aliphatic rings. The SMILES string of the molecule is CCCCOc1cc[c]c(-c2ccc(O)cc2)c1. The molecule has 2 aromatic rings. The van der Waals surface area contributed by atoms with E-state index >= 15 is 0 Å². The molecular formula is C16H17O2. The quantitative estimate of drug-likeness (QED) is 0.800. The molecule has 0 aromatic heterocycles. The Kier molecular flexibility index (Phi) is 4.24. The van der Waals surface area contributed by atoms with E-state index in [0.717, 1.165) is 36.3 Å². The summed E-state index contributed by atoms with van der Waals surface area (Å²) in [6.45, 7) is 2.89. The van der Waals surface area contributed by atoms with E-state index in [0.29, 0.717) is 0 Å². The summed E-state index contributed by atoms with van der Waals surface area (Å²) in [7, 11) is 0. The largest absolute Gasteiger partial charge is 0.508 e. The van der Waals surface area contributed by atoms with E-state index in [-0.39, 0.29) is 5.75 Å². The lowest BCUT2D eigenvalue weighted by atomic mass is 10.1. The highest BCUT2D eigenvalue weighted by molar-refractivity contribution is 5.65. The van der Waals surface area contributed by atoms with Gasteiger partial charge in [-0.15, -0.1) is 0 Å². The summed E-state index contributed by atoms with van der Waals surface area (Å²) >= 11 is 0. The van der Waals surface area contributed by atoms with Crippen molar-refractivity contribution in [3.8, 4) is 22.6 Å². The van der Waals surface area contributed by atoms with Gasteiger partial charge in [-0.1, -0.05) is 31.5 Å². The lowest BCUT2D eigenvalue weighted by molar-refractivity contribution is 0.309. The van der Waals surface area contributed by atoms with Crippen molar-refractivity contribution in [1.29, 1.82) is 0 Å². The number of hydrogen-bond donors (Lipinski definition) is 1. The molecule has 18 heavy (non-hydrogen) atoms. The molecule has 93 valence electrons. The van der Waals surface area contributed by atoms with Gasteiger partial charge in [-0.25, -0.2) is 0 Å². The van der Waals surface area contributed by atoms with Crippen LogP contribution < -0.4 is 4.74 Å². The Balaban J connectivity index is 2.13. The Morgan fingerprint density at radius 1 is 1.17 bits per heavy atom. The molecule has 0 atom stereocenters. The average Bonchev–Trinajstić information content (AvgIpc) is 2.40. The summed E-state index contributed by atoms with van der Waals surface area (Å²) in [4.78, 5) is 0. The molecule has 0 heterocycles. The molecule has 0 unspecified atom stereocenters. The first-order valence-corrected chi connectivity index (χ1v) is 6.23. The zero-order valence-electron chi connectivity index (χ0n) is 10.5. The molecule has 1 N–H and O–H groups in total. The predicted molar refractivity (Wildman–Crippen MR) is 72.8 cm³/mol. The maximum absolute atomic E-state index is 9.27. The van der Waals surface area contributed by atoms with Crippen LogP contribution in [0, 0.1) is 6.07 Å². The molecule has 2 heteroatoms. The molecule has 1 radical (unpaired) electrons. The molecule has 0 aliphatic carbocycles.